The zero-order valence-corrected chi connectivity index (χ0v) is 19.6. The van der Waals surface area contributed by atoms with Crippen LogP contribution in [-0.2, 0) is 4.74 Å². The second kappa shape index (κ2) is 10.8. The smallest absolute Gasteiger partial charge is 0.250 e. The summed E-state index contributed by atoms with van der Waals surface area (Å²) in [6, 6.07) is 24.5. The molecular weight excluding hydrogens is 438 g/mol. The molecule has 1 saturated heterocycles. The van der Waals surface area contributed by atoms with Gasteiger partial charge in [0.1, 0.15) is 0 Å². The van der Waals surface area contributed by atoms with Gasteiger partial charge < -0.3 is 15.0 Å². The summed E-state index contributed by atoms with van der Waals surface area (Å²) >= 11 is 0. The van der Waals surface area contributed by atoms with E-state index in [2.05, 4.69) is 66.0 Å². The first-order valence-corrected chi connectivity index (χ1v) is 11.6. The molecule has 0 amide bonds. The lowest BCUT2D eigenvalue weighted by Crippen LogP contribution is -2.37. The van der Waals surface area contributed by atoms with Gasteiger partial charge in [-0.1, -0.05) is 66.7 Å². The highest BCUT2D eigenvalue weighted by atomic mass is 16.5. The highest BCUT2D eigenvalue weighted by Gasteiger charge is 2.17. The number of hydrogen-bond donors (Lipinski definition) is 2. The molecule has 3 aromatic carbocycles. The fourth-order valence-corrected chi connectivity index (χ4v) is 3.87. The Morgan fingerprint density at radius 3 is 2.49 bits per heavy atom. The number of anilines is 4. The Morgan fingerprint density at radius 2 is 1.63 bits per heavy atom. The third kappa shape index (κ3) is 5.62. The van der Waals surface area contributed by atoms with Crippen LogP contribution in [-0.4, -0.2) is 47.5 Å². The van der Waals surface area contributed by atoms with Crippen molar-refractivity contribution in [2.75, 3.05) is 41.9 Å². The number of hydrazone groups is 1. The van der Waals surface area contributed by atoms with E-state index in [0.717, 1.165) is 40.7 Å². The quantitative estimate of drug-likeness (QED) is 0.290. The number of allylic oxidation sites excluding steroid dienone is 2. The van der Waals surface area contributed by atoms with Crippen LogP contribution in [0.15, 0.2) is 84.0 Å². The summed E-state index contributed by atoms with van der Waals surface area (Å²) in [5.74, 6) is 1.40. The molecule has 1 aliphatic heterocycles. The molecule has 0 atom stereocenters. The number of aromatic nitrogens is 3. The monoisotopic (exact) mass is 465 g/mol. The number of fused-ring (bicyclic) bond motifs is 1. The molecule has 2 N–H and O–H groups in total. The van der Waals surface area contributed by atoms with E-state index in [1.54, 1.807) is 6.21 Å². The van der Waals surface area contributed by atoms with Gasteiger partial charge in [-0.2, -0.15) is 20.1 Å². The minimum absolute atomic E-state index is 0.367. The van der Waals surface area contributed by atoms with Crippen LogP contribution in [0.3, 0.4) is 0 Å². The third-order valence-corrected chi connectivity index (χ3v) is 5.75. The SMILES string of the molecule is C/C(=C/C=NNc1nc(Nc2cccc3ccccc23)nc(N2CCOCC2)n1)c1ccccc1. The van der Waals surface area contributed by atoms with Crippen molar-refractivity contribution in [3.63, 3.8) is 0 Å². The van der Waals surface area contributed by atoms with Crippen LogP contribution in [0.4, 0.5) is 23.5 Å². The molecule has 176 valence electrons. The van der Waals surface area contributed by atoms with Gasteiger partial charge in [0.2, 0.25) is 17.8 Å². The van der Waals surface area contributed by atoms with E-state index in [9.17, 15) is 0 Å². The summed E-state index contributed by atoms with van der Waals surface area (Å²) in [4.78, 5) is 15.9. The van der Waals surface area contributed by atoms with Crippen molar-refractivity contribution in [3.05, 3.63) is 84.4 Å². The summed E-state index contributed by atoms with van der Waals surface area (Å²) in [5, 5.41) is 9.93. The lowest BCUT2D eigenvalue weighted by atomic mass is 10.1. The maximum atomic E-state index is 5.49. The minimum atomic E-state index is 0.367. The van der Waals surface area contributed by atoms with E-state index in [-0.39, 0.29) is 0 Å². The zero-order chi connectivity index (χ0) is 23.9. The summed E-state index contributed by atoms with van der Waals surface area (Å²) in [7, 11) is 0. The largest absolute Gasteiger partial charge is 0.378 e. The van der Waals surface area contributed by atoms with Crippen molar-refractivity contribution in [2.45, 2.75) is 6.92 Å². The van der Waals surface area contributed by atoms with Gasteiger partial charge in [-0.15, -0.1) is 0 Å². The van der Waals surface area contributed by atoms with Crippen LogP contribution < -0.4 is 15.6 Å². The van der Waals surface area contributed by atoms with Crippen LogP contribution >= 0.6 is 0 Å². The van der Waals surface area contributed by atoms with Gasteiger partial charge >= 0.3 is 0 Å². The number of nitrogens with one attached hydrogen (secondary N) is 2. The molecule has 0 bridgehead atoms. The Morgan fingerprint density at radius 1 is 0.886 bits per heavy atom. The maximum Gasteiger partial charge on any atom is 0.250 e. The standard InChI is InChI=1S/C27H27N7O/c1-20(21-8-3-2-4-9-21)14-15-28-33-26-30-25(31-27(32-26)34-16-18-35-19-17-34)29-24-13-7-11-22-10-5-6-12-23(22)24/h2-15H,16-19H2,1H3,(H2,29,30,31,32,33)/b20-14-,28-15?. The van der Waals surface area contributed by atoms with Crippen LogP contribution in [0.2, 0.25) is 0 Å². The Hall–Kier alpha value is -4.30. The van der Waals surface area contributed by atoms with E-state index in [4.69, 9.17) is 4.74 Å². The Labute approximate surface area is 204 Å². The first-order valence-electron chi connectivity index (χ1n) is 11.6. The van der Waals surface area contributed by atoms with Crippen LogP contribution in [0.1, 0.15) is 12.5 Å². The molecule has 35 heavy (non-hydrogen) atoms. The van der Waals surface area contributed by atoms with Gasteiger partial charge in [0.15, 0.2) is 0 Å². The van der Waals surface area contributed by atoms with Crippen LogP contribution in [0, 0.1) is 0 Å². The molecule has 2 heterocycles. The van der Waals surface area contributed by atoms with Crippen molar-refractivity contribution < 1.29 is 4.74 Å². The molecular formula is C27H27N7O. The molecule has 0 aliphatic carbocycles. The maximum absolute atomic E-state index is 5.49. The van der Waals surface area contributed by atoms with Crippen molar-refractivity contribution in [1.82, 2.24) is 15.0 Å². The fourth-order valence-electron chi connectivity index (χ4n) is 3.87. The number of ether oxygens (including phenoxy) is 1. The van der Waals surface area contributed by atoms with E-state index in [1.165, 1.54) is 0 Å². The molecule has 4 aromatic rings. The predicted octanol–water partition coefficient (Wildman–Crippen LogP) is 5.11. The van der Waals surface area contributed by atoms with Gasteiger partial charge in [-0.05, 0) is 35.6 Å². The first-order chi connectivity index (χ1) is 17.3. The minimum Gasteiger partial charge on any atom is -0.378 e. The highest BCUT2D eigenvalue weighted by molar-refractivity contribution is 5.95. The van der Waals surface area contributed by atoms with Gasteiger partial charge in [-0.25, -0.2) is 5.43 Å². The molecule has 8 nitrogen and oxygen atoms in total. The van der Waals surface area contributed by atoms with E-state index in [0.29, 0.717) is 31.1 Å². The second-order valence-electron chi connectivity index (χ2n) is 8.14. The number of rotatable bonds is 7. The van der Waals surface area contributed by atoms with Gasteiger partial charge in [0.25, 0.3) is 0 Å². The first kappa shape index (κ1) is 22.5. The average molecular weight is 466 g/mol. The van der Waals surface area contributed by atoms with E-state index >= 15 is 0 Å². The lowest BCUT2D eigenvalue weighted by molar-refractivity contribution is 0.122. The molecule has 1 aromatic heterocycles. The molecule has 0 unspecified atom stereocenters. The number of benzene rings is 3. The van der Waals surface area contributed by atoms with Gasteiger partial charge in [0, 0.05) is 30.4 Å². The van der Waals surface area contributed by atoms with Gasteiger partial charge in [0.05, 0.1) is 13.2 Å². The molecule has 1 aliphatic rings. The second-order valence-corrected chi connectivity index (χ2v) is 8.14. The molecule has 0 radical (unpaired) electrons. The van der Waals surface area contributed by atoms with Crippen LogP contribution in [0.25, 0.3) is 16.3 Å². The number of morpholine rings is 1. The average Bonchev–Trinajstić information content (AvgIpc) is 2.92. The normalized spacial score (nSPS) is 14.4. The Bertz CT molecular complexity index is 1340. The fraction of sp³-hybridized carbons (Fsp3) is 0.185. The van der Waals surface area contributed by atoms with E-state index in [1.807, 2.05) is 55.5 Å². The predicted molar refractivity (Wildman–Crippen MR) is 142 cm³/mol. The molecule has 5 rings (SSSR count). The lowest BCUT2D eigenvalue weighted by Gasteiger charge is -2.27. The van der Waals surface area contributed by atoms with Crippen molar-refractivity contribution in [2.24, 2.45) is 5.10 Å². The van der Waals surface area contributed by atoms with Crippen LogP contribution in [0.5, 0.6) is 0 Å². The summed E-state index contributed by atoms with van der Waals surface area (Å²) in [6.45, 7) is 4.77. The molecule has 0 saturated carbocycles. The topological polar surface area (TPSA) is 87.6 Å². The Balaban J connectivity index is 1.40. The Kier molecular flexibility index (Phi) is 6.91. The summed E-state index contributed by atoms with van der Waals surface area (Å²) in [6.07, 6.45) is 3.65. The number of nitrogens with zero attached hydrogens (tertiary/aromatic N) is 5. The zero-order valence-electron chi connectivity index (χ0n) is 19.6. The van der Waals surface area contributed by atoms with Gasteiger partial charge in [-0.3, -0.25) is 0 Å². The summed E-state index contributed by atoms with van der Waals surface area (Å²) in [5.41, 5.74) is 6.15. The number of hydrogen-bond acceptors (Lipinski definition) is 8. The van der Waals surface area contributed by atoms with Crippen molar-refractivity contribution >= 4 is 46.1 Å². The molecule has 1 fully saturated rings. The molecule has 8 heteroatoms. The van der Waals surface area contributed by atoms with Crippen molar-refractivity contribution in [1.29, 1.82) is 0 Å². The molecule has 0 spiro atoms. The van der Waals surface area contributed by atoms with E-state index < -0.39 is 0 Å². The highest BCUT2D eigenvalue weighted by Crippen LogP contribution is 2.26. The summed E-state index contributed by atoms with van der Waals surface area (Å²) < 4.78 is 5.49. The third-order valence-electron chi connectivity index (χ3n) is 5.75. The van der Waals surface area contributed by atoms with Crippen molar-refractivity contribution in [3.8, 4) is 0 Å².